The van der Waals surface area contributed by atoms with E-state index in [9.17, 15) is 0 Å². The quantitative estimate of drug-likeness (QED) is 0.0873. The van der Waals surface area contributed by atoms with E-state index in [1.807, 2.05) is 80.6 Å². The molecule has 0 radical (unpaired) electrons. The Labute approximate surface area is 317 Å². The topological polar surface area (TPSA) is 96.1 Å². The Morgan fingerprint density at radius 1 is 0.981 bits per heavy atom. The van der Waals surface area contributed by atoms with Crippen LogP contribution in [0.25, 0.3) is 44.3 Å². The highest BCUT2D eigenvalue weighted by atomic mass is 35.5. The van der Waals surface area contributed by atoms with Crippen molar-refractivity contribution in [2.24, 2.45) is 14.1 Å². The number of anilines is 1. The fourth-order valence-corrected chi connectivity index (χ4v) is 8.46. The molecule has 0 N–H and O–H groups in total. The second-order valence-electron chi connectivity index (χ2n) is 14.2. The SMILES string of the molecule is Cc1nc(-c2ccc3c(c2)c(N2C(=O)c4c(CCCOc5cc(C)c(Cl)c(C)c5)c5cccc(-c6c(C)nn(C)c6C)c5n4C(C)[C@H]2Cl)cn3C)no1. The zero-order valence-corrected chi connectivity index (χ0v) is 32.6. The molecule has 5 heterocycles. The highest BCUT2D eigenvalue weighted by Gasteiger charge is 2.42. The molecule has 0 saturated carbocycles. The third-order valence-corrected chi connectivity index (χ3v) is 11.8. The lowest BCUT2D eigenvalue weighted by molar-refractivity contribution is 0.0951. The zero-order chi connectivity index (χ0) is 37.5. The van der Waals surface area contributed by atoms with Crippen LogP contribution >= 0.6 is 23.2 Å². The third-order valence-electron chi connectivity index (χ3n) is 10.6. The molecule has 1 unspecified atom stereocenters. The average Bonchev–Trinajstić information content (AvgIpc) is 3.87. The van der Waals surface area contributed by atoms with Gasteiger partial charge in [-0.25, -0.2) is 0 Å². The predicted octanol–water partition coefficient (Wildman–Crippen LogP) is 9.58. The summed E-state index contributed by atoms with van der Waals surface area (Å²) in [6.07, 6.45) is 3.29. The summed E-state index contributed by atoms with van der Waals surface area (Å²) in [5, 5.41) is 11.5. The molecule has 7 aromatic rings. The molecule has 3 aromatic carbocycles. The van der Waals surface area contributed by atoms with Gasteiger partial charge in [-0.15, -0.1) is 0 Å². The maximum absolute atomic E-state index is 15.2. The summed E-state index contributed by atoms with van der Waals surface area (Å²) in [5.41, 5.74) is 10.4. The maximum atomic E-state index is 15.2. The fraction of sp³-hybridized carbons (Fsp3) is 0.317. The highest BCUT2D eigenvalue weighted by molar-refractivity contribution is 6.32. The first-order chi connectivity index (χ1) is 25.3. The molecule has 0 bridgehead atoms. The van der Waals surface area contributed by atoms with E-state index in [1.165, 1.54) is 0 Å². The van der Waals surface area contributed by atoms with Crippen molar-refractivity contribution in [3.05, 3.63) is 99.4 Å². The van der Waals surface area contributed by atoms with Crippen molar-refractivity contribution in [1.82, 2.24) is 29.1 Å². The Morgan fingerprint density at radius 3 is 2.42 bits per heavy atom. The van der Waals surface area contributed by atoms with Gasteiger partial charge < -0.3 is 18.4 Å². The van der Waals surface area contributed by atoms with Gasteiger partial charge in [-0.3, -0.25) is 14.4 Å². The molecule has 10 nitrogen and oxygen atoms in total. The van der Waals surface area contributed by atoms with Crippen LogP contribution in [0.2, 0.25) is 5.02 Å². The number of ether oxygens (including phenoxy) is 1. The van der Waals surface area contributed by atoms with E-state index >= 15 is 4.79 Å². The van der Waals surface area contributed by atoms with Crippen LogP contribution in [0.1, 0.15) is 63.8 Å². The first-order valence-electron chi connectivity index (χ1n) is 17.8. The van der Waals surface area contributed by atoms with Crippen LogP contribution in [0, 0.1) is 34.6 Å². The van der Waals surface area contributed by atoms with Gasteiger partial charge in [-0.05, 0) is 94.5 Å². The molecule has 12 heteroatoms. The van der Waals surface area contributed by atoms with Crippen LogP contribution in [0.15, 0.2) is 59.3 Å². The molecule has 0 spiro atoms. The minimum atomic E-state index is -0.691. The number of hydrogen-bond acceptors (Lipinski definition) is 6. The van der Waals surface area contributed by atoms with E-state index in [-0.39, 0.29) is 11.9 Å². The molecule has 53 heavy (non-hydrogen) atoms. The molecule has 1 aliphatic rings. The number of hydrogen-bond donors (Lipinski definition) is 0. The average molecular weight is 751 g/mol. The summed E-state index contributed by atoms with van der Waals surface area (Å²) in [6, 6.07) is 16.0. The van der Waals surface area contributed by atoms with E-state index in [4.69, 9.17) is 37.6 Å². The van der Waals surface area contributed by atoms with Gasteiger partial charge >= 0.3 is 0 Å². The zero-order valence-electron chi connectivity index (χ0n) is 31.1. The van der Waals surface area contributed by atoms with E-state index in [0.29, 0.717) is 36.9 Å². The van der Waals surface area contributed by atoms with Crippen LogP contribution in [0.5, 0.6) is 5.75 Å². The molecule has 0 aliphatic carbocycles. The minimum absolute atomic E-state index is 0.155. The number of aryl methyl sites for hydroxylation is 7. The van der Waals surface area contributed by atoms with Gasteiger partial charge in [0.1, 0.15) is 16.9 Å². The summed E-state index contributed by atoms with van der Waals surface area (Å²) >= 11 is 13.9. The van der Waals surface area contributed by atoms with Crippen molar-refractivity contribution in [3.8, 4) is 28.3 Å². The van der Waals surface area contributed by atoms with Gasteiger partial charge in [-0.1, -0.05) is 46.6 Å². The number of amides is 1. The van der Waals surface area contributed by atoms with Crippen molar-refractivity contribution >= 4 is 56.6 Å². The Hall–Kier alpha value is -5.06. The fourth-order valence-electron chi connectivity index (χ4n) is 8.04. The predicted molar refractivity (Wildman–Crippen MR) is 210 cm³/mol. The Morgan fingerprint density at radius 2 is 1.74 bits per heavy atom. The van der Waals surface area contributed by atoms with Crippen LogP contribution in [0.4, 0.5) is 5.69 Å². The Kier molecular flexibility index (Phi) is 8.65. The van der Waals surface area contributed by atoms with Gasteiger partial charge in [-0.2, -0.15) is 10.1 Å². The van der Waals surface area contributed by atoms with E-state index < -0.39 is 5.50 Å². The van der Waals surface area contributed by atoms with Gasteiger partial charge in [0.25, 0.3) is 5.91 Å². The van der Waals surface area contributed by atoms with Crippen molar-refractivity contribution in [1.29, 1.82) is 0 Å². The monoisotopic (exact) mass is 749 g/mol. The summed E-state index contributed by atoms with van der Waals surface area (Å²) in [5.74, 6) is 1.60. The summed E-state index contributed by atoms with van der Waals surface area (Å²) in [6.45, 7) is 12.4. The minimum Gasteiger partial charge on any atom is -0.494 e. The first-order valence-corrected chi connectivity index (χ1v) is 18.6. The van der Waals surface area contributed by atoms with Crippen molar-refractivity contribution in [2.45, 2.75) is 65.9 Å². The lowest BCUT2D eigenvalue weighted by atomic mass is 9.98. The van der Waals surface area contributed by atoms with Gasteiger partial charge in [0, 0.05) is 70.9 Å². The van der Waals surface area contributed by atoms with Crippen LogP contribution < -0.4 is 9.64 Å². The number of aromatic nitrogens is 6. The highest BCUT2D eigenvalue weighted by Crippen LogP contribution is 2.46. The van der Waals surface area contributed by atoms with Crippen molar-refractivity contribution < 1.29 is 14.1 Å². The van der Waals surface area contributed by atoms with Crippen molar-refractivity contribution in [2.75, 3.05) is 11.5 Å². The smallest absolute Gasteiger partial charge is 0.276 e. The summed E-state index contributed by atoms with van der Waals surface area (Å²) in [7, 11) is 3.94. The number of carbonyl (C=O) groups excluding carboxylic acids is 1. The molecular formula is C41H41Cl2N7O3. The number of rotatable bonds is 8. The molecule has 1 amide bonds. The van der Waals surface area contributed by atoms with Gasteiger partial charge in [0.15, 0.2) is 0 Å². The summed E-state index contributed by atoms with van der Waals surface area (Å²) in [4.78, 5) is 21.4. The Bertz CT molecular complexity index is 2570. The van der Waals surface area contributed by atoms with E-state index in [2.05, 4.69) is 46.8 Å². The second-order valence-corrected chi connectivity index (χ2v) is 15.0. The molecule has 8 rings (SSSR count). The number of benzene rings is 3. The first kappa shape index (κ1) is 35.0. The molecule has 0 fully saturated rings. The number of halogens is 2. The van der Waals surface area contributed by atoms with Crippen molar-refractivity contribution in [3.63, 3.8) is 0 Å². The lowest BCUT2D eigenvalue weighted by Crippen LogP contribution is -2.47. The Balaban J connectivity index is 1.27. The number of alkyl halides is 1. The number of para-hydroxylation sites is 1. The largest absolute Gasteiger partial charge is 0.494 e. The second kappa shape index (κ2) is 13.1. The molecular weight excluding hydrogens is 709 g/mol. The molecule has 1 aliphatic heterocycles. The van der Waals surface area contributed by atoms with E-state index in [1.54, 1.807) is 11.8 Å². The molecule has 0 saturated heterocycles. The van der Waals surface area contributed by atoms with Gasteiger partial charge in [0.2, 0.25) is 11.7 Å². The standard InChI is InChI=1S/C41H41Cl2N7O3/c1-21-17-28(18-22(2)36(21)42)52-16-10-13-30-29-11-9-12-31(35-23(3)45-48(8)24(35)4)37(29)49-25(5)39(43)50(41(51)38(30)49)34-20-47(7)33-15-14-27(19-32(33)34)40-44-26(6)53-46-40/h9,11-12,14-15,17-20,25,39H,10,13,16H2,1-8H3/t25?,39-/m0/s1. The normalized spacial score (nSPS) is 16.0. The van der Waals surface area contributed by atoms with Crippen LogP contribution in [-0.2, 0) is 20.5 Å². The maximum Gasteiger partial charge on any atom is 0.276 e. The van der Waals surface area contributed by atoms with E-state index in [0.717, 1.165) is 83.0 Å². The summed E-state index contributed by atoms with van der Waals surface area (Å²) < 4.78 is 17.6. The number of carbonyl (C=O) groups is 1. The lowest BCUT2D eigenvalue weighted by Gasteiger charge is -2.38. The number of fused-ring (bicyclic) bond motifs is 4. The third kappa shape index (κ3) is 5.61. The number of nitrogens with zero attached hydrogens (tertiary/aromatic N) is 7. The molecule has 2 atom stereocenters. The molecule has 4 aromatic heterocycles. The van der Waals surface area contributed by atoms with Crippen LogP contribution in [0.3, 0.4) is 0 Å². The molecule has 272 valence electrons. The van der Waals surface area contributed by atoms with Gasteiger partial charge in [0.05, 0.1) is 29.5 Å². The van der Waals surface area contributed by atoms with Crippen LogP contribution in [-0.4, -0.2) is 47.1 Å².